The summed E-state index contributed by atoms with van der Waals surface area (Å²) in [4.78, 5) is 4.28. The first-order chi connectivity index (χ1) is 7.36. The van der Waals surface area contributed by atoms with E-state index < -0.39 is 0 Å². The number of aromatic nitrogens is 1. The summed E-state index contributed by atoms with van der Waals surface area (Å²) in [5, 5.41) is 3.39. The molecule has 0 unspecified atom stereocenters. The van der Waals surface area contributed by atoms with Crippen LogP contribution in [0, 0.1) is 0 Å². The number of hydrogen-bond donors (Lipinski definition) is 1. The molecule has 0 aliphatic rings. The van der Waals surface area contributed by atoms with Crippen LogP contribution in [0.5, 0.6) is 0 Å². The van der Waals surface area contributed by atoms with Gasteiger partial charge in [0.15, 0.2) is 0 Å². The van der Waals surface area contributed by atoms with Crippen LogP contribution >= 0.6 is 0 Å². The number of pyridine rings is 1. The van der Waals surface area contributed by atoms with E-state index in [-0.39, 0.29) is 0 Å². The Bertz CT molecular complexity index is 271. The molecule has 0 saturated heterocycles. The van der Waals surface area contributed by atoms with E-state index in [0.717, 1.165) is 19.5 Å². The van der Waals surface area contributed by atoms with Crippen molar-refractivity contribution >= 4 is 0 Å². The van der Waals surface area contributed by atoms with Crippen molar-refractivity contribution in [2.75, 3.05) is 6.54 Å². The second-order valence-corrected chi connectivity index (χ2v) is 3.98. The predicted octanol–water partition coefficient (Wildman–Crippen LogP) is 2.92. The molecule has 0 aliphatic heterocycles. The summed E-state index contributed by atoms with van der Waals surface area (Å²) in [5.74, 6) is 0. The van der Waals surface area contributed by atoms with Crippen molar-refractivity contribution in [3.05, 3.63) is 29.6 Å². The molecule has 0 spiro atoms. The van der Waals surface area contributed by atoms with Gasteiger partial charge in [0.2, 0.25) is 0 Å². The molecule has 15 heavy (non-hydrogen) atoms. The number of unbranched alkanes of at least 4 members (excludes halogenated alkanes) is 1. The lowest BCUT2D eigenvalue weighted by Gasteiger charge is -2.05. The molecule has 2 heteroatoms. The van der Waals surface area contributed by atoms with Gasteiger partial charge in [-0.15, -0.1) is 0 Å². The zero-order valence-electron chi connectivity index (χ0n) is 9.92. The quantitative estimate of drug-likeness (QED) is 0.694. The SMILES string of the molecule is CCCCc1cncc(CNCCC)c1. The standard InChI is InChI=1S/C13H22N2/c1-3-5-6-12-8-13(11-15-9-12)10-14-7-4-2/h8-9,11,14H,3-7,10H2,1-2H3. The Labute approximate surface area is 93.1 Å². The molecule has 0 saturated carbocycles. The molecule has 0 bridgehead atoms. The Kier molecular flexibility index (Phi) is 6.02. The fourth-order valence-corrected chi connectivity index (χ4v) is 1.57. The minimum Gasteiger partial charge on any atom is -0.313 e. The molecule has 0 amide bonds. The number of hydrogen-bond acceptors (Lipinski definition) is 2. The molecule has 1 aromatic heterocycles. The average molecular weight is 206 g/mol. The molecular formula is C13H22N2. The van der Waals surface area contributed by atoms with Crippen molar-refractivity contribution in [1.82, 2.24) is 10.3 Å². The topological polar surface area (TPSA) is 24.9 Å². The highest BCUT2D eigenvalue weighted by Gasteiger charge is 1.96. The van der Waals surface area contributed by atoms with Crippen molar-refractivity contribution in [3.63, 3.8) is 0 Å². The van der Waals surface area contributed by atoms with E-state index in [4.69, 9.17) is 0 Å². The van der Waals surface area contributed by atoms with Crippen LogP contribution in [0.25, 0.3) is 0 Å². The van der Waals surface area contributed by atoms with Gasteiger partial charge >= 0.3 is 0 Å². The molecule has 1 heterocycles. The lowest BCUT2D eigenvalue weighted by Crippen LogP contribution is -2.14. The van der Waals surface area contributed by atoms with E-state index in [1.54, 1.807) is 0 Å². The molecule has 84 valence electrons. The van der Waals surface area contributed by atoms with Crippen LogP contribution in [0.15, 0.2) is 18.5 Å². The van der Waals surface area contributed by atoms with Crippen molar-refractivity contribution in [1.29, 1.82) is 0 Å². The Morgan fingerprint density at radius 1 is 1.13 bits per heavy atom. The zero-order valence-corrected chi connectivity index (χ0v) is 9.92. The van der Waals surface area contributed by atoms with Crippen LogP contribution in [0.4, 0.5) is 0 Å². The van der Waals surface area contributed by atoms with Gasteiger partial charge in [-0.2, -0.15) is 0 Å². The maximum Gasteiger partial charge on any atom is 0.0313 e. The maximum absolute atomic E-state index is 4.28. The monoisotopic (exact) mass is 206 g/mol. The van der Waals surface area contributed by atoms with Crippen molar-refractivity contribution < 1.29 is 0 Å². The second kappa shape index (κ2) is 7.41. The van der Waals surface area contributed by atoms with Crippen molar-refractivity contribution in [3.8, 4) is 0 Å². The summed E-state index contributed by atoms with van der Waals surface area (Å²) in [6, 6.07) is 2.27. The first kappa shape index (κ1) is 12.2. The molecule has 0 aliphatic carbocycles. The highest BCUT2D eigenvalue weighted by atomic mass is 14.8. The zero-order chi connectivity index (χ0) is 10.9. The number of nitrogens with one attached hydrogen (secondary N) is 1. The molecule has 0 radical (unpaired) electrons. The van der Waals surface area contributed by atoms with E-state index in [9.17, 15) is 0 Å². The predicted molar refractivity (Wildman–Crippen MR) is 64.8 cm³/mol. The van der Waals surface area contributed by atoms with Crippen LogP contribution in [-0.4, -0.2) is 11.5 Å². The third kappa shape index (κ3) is 4.93. The smallest absolute Gasteiger partial charge is 0.0313 e. The fraction of sp³-hybridized carbons (Fsp3) is 0.615. The Balaban J connectivity index is 2.42. The normalized spacial score (nSPS) is 10.5. The minimum absolute atomic E-state index is 0.945. The third-order valence-electron chi connectivity index (χ3n) is 2.43. The molecule has 0 aromatic carbocycles. The van der Waals surface area contributed by atoms with Gasteiger partial charge in [-0.3, -0.25) is 4.98 Å². The number of rotatable bonds is 7. The van der Waals surface area contributed by atoms with Gasteiger partial charge in [0.25, 0.3) is 0 Å². The molecule has 0 fully saturated rings. The minimum atomic E-state index is 0.945. The van der Waals surface area contributed by atoms with Gasteiger partial charge in [-0.05, 0) is 36.9 Å². The van der Waals surface area contributed by atoms with Crippen LogP contribution < -0.4 is 5.32 Å². The van der Waals surface area contributed by atoms with E-state index in [0.29, 0.717) is 0 Å². The van der Waals surface area contributed by atoms with Gasteiger partial charge in [0.1, 0.15) is 0 Å². The van der Waals surface area contributed by atoms with Gasteiger partial charge in [0, 0.05) is 18.9 Å². The van der Waals surface area contributed by atoms with Gasteiger partial charge in [-0.1, -0.05) is 26.3 Å². The second-order valence-electron chi connectivity index (χ2n) is 3.98. The lowest BCUT2D eigenvalue weighted by atomic mass is 10.1. The number of nitrogens with zero attached hydrogens (tertiary/aromatic N) is 1. The van der Waals surface area contributed by atoms with E-state index in [1.165, 1.54) is 30.4 Å². The van der Waals surface area contributed by atoms with E-state index in [2.05, 4.69) is 30.2 Å². The van der Waals surface area contributed by atoms with Crippen LogP contribution in [0.3, 0.4) is 0 Å². The van der Waals surface area contributed by atoms with Crippen LogP contribution in [0.1, 0.15) is 44.2 Å². The van der Waals surface area contributed by atoms with Crippen LogP contribution in [-0.2, 0) is 13.0 Å². The third-order valence-corrected chi connectivity index (χ3v) is 2.43. The van der Waals surface area contributed by atoms with Gasteiger partial charge < -0.3 is 5.32 Å². The van der Waals surface area contributed by atoms with Crippen molar-refractivity contribution in [2.24, 2.45) is 0 Å². The highest BCUT2D eigenvalue weighted by Crippen LogP contribution is 2.06. The maximum atomic E-state index is 4.28. The summed E-state index contributed by atoms with van der Waals surface area (Å²) in [5.41, 5.74) is 2.67. The summed E-state index contributed by atoms with van der Waals surface area (Å²) >= 11 is 0. The van der Waals surface area contributed by atoms with Gasteiger partial charge in [0.05, 0.1) is 0 Å². The molecule has 2 nitrogen and oxygen atoms in total. The van der Waals surface area contributed by atoms with Crippen molar-refractivity contribution in [2.45, 2.75) is 46.1 Å². The first-order valence-electron chi connectivity index (χ1n) is 6.00. The van der Waals surface area contributed by atoms with Crippen LogP contribution in [0.2, 0.25) is 0 Å². The lowest BCUT2D eigenvalue weighted by molar-refractivity contribution is 0.672. The van der Waals surface area contributed by atoms with E-state index in [1.807, 2.05) is 12.4 Å². The molecule has 1 rings (SSSR count). The Morgan fingerprint density at radius 3 is 2.67 bits per heavy atom. The molecule has 1 aromatic rings. The molecule has 0 atom stereocenters. The summed E-state index contributed by atoms with van der Waals surface area (Å²) in [6.45, 7) is 6.43. The Hall–Kier alpha value is -0.890. The first-order valence-corrected chi connectivity index (χ1v) is 6.00. The number of aryl methyl sites for hydroxylation is 1. The fourth-order valence-electron chi connectivity index (χ4n) is 1.57. The highest BCUT2D eigenvalue weighted by molar-refractivity contribution is 5.18. The van der Waals surface area contributed by atoms with Gasteiger partial charge in [-0.25, -0.2) is 0 Å². The Morgan fingerprint density at radius 2 is 1.93 bits per heavy atom. The molecule has 1 N–H and O–H groups in total. The average Bonchev–Trinajstić information content (AvgIpc) is 2.27. The molecular weight excluding hydrogens is 184 g/mol. The largest absolute Gasteiger partial charge is 0.313 e. The van der Waals surface area contributed by atoms with E-state index >= 15 is 0 Å². The summed E-state index contributed by atoms with van der Waals surface area (Å²) in [6.07, 6.45) is 8.79. The summed E-state index contributed by atoms with van der Waals surface area (Å²) < 4.78 is 0. The summed E-state index contributed by atoms with van der Waals surface area (Å²) in [7, 11) is 0.